The van der Waals surface area contributed by atoms with Gasteiger partial charge in [0.15, 0.2) is 0 Å². The molecular weight excluding hydrogens is 507 g/mol. The molecule has 2 fully saturated rings. The Morgan fingerprint density at radius 2 is 1.86 bits per heavy atom. The molecular formula is C24H26Cl2N6O4. The maximum atomic E-state index is 14.1. The number of anilines is 3. The Kier molecular flexibility index (Phi) is 6.12. The molecule has 1 spiro atoms. The van der Waals surface area contributed by atoms with Crippen LogP contribution >= 0.6 is 23.2 Å². The molecule has 0 bridgehead atoms. The zero-order chi connectivity index (χ0) is 25.8. The summed E-state index contributed by atoms with van der Waals surface area (Å²) in [5.74, 6) is 1.57. The Morgan fingerprint density at radius 3 is 2.42 bits per heavy atom. The topological polar surface area (TPSA) is 100 Å². The first-order valence-corrected chi connectivity index (χ1v) is 12.2. The molecule has 1 N–H and O–H groups in total. The molecule has 2 aliphatic heterocycles. The van der Waals surface area contributed by atoms with Gasteiger partial charge in [-0.3, -0.25) is 14.6 Å². The highest BCUT2D eigenvalue weighted by Crippen LogP contribution is 2.53. The van der Waals surface area contributed by atoms with Crippen molar-refractivity contribution in [2.24, 2.45) is 5.41 Å². The molecule has 1 saturated heterocycles. The molecule has 1 aliphatic carbocycles. The Labute approximate surface area is 218 Å². The number of fused-ring (bicyclic) bond motifs is 1. The molecule has 12 heteroatoms. The lowest BCUT2D eigenvalue weighted by molar-refractivity contribution is -0.145. The highest BCUT2D eigenvalue weighted by Gasteiger charge is 2.57. The van der Waals surface area contributed by atoms with Crippen LogP contribution in [-0.2, 0) is 11.3 Å². The number of urea groups is 1. The van der Waals surface area contributed by atoms with E-state index in [1.165, 1.54) is 25.2 Å². The van der Waals surface area contributed by atoms with Gasteiger partial charge in [-0.1, -0.05) is 29.8 Å². The number of rotatable bonds is 6. The predicted octanol–water partition coefficient (Wildman–Crippen LogP) is 3.97. The lowest BCUT2D eigenvalue weighted by Gasteiger charge is -2.61. The van der Waals surface area contributed by atoms with Crippen LogP contribution in [0.5, 0.6) is 11.5 Å². The highest BCUT2D eigenvalue weighted by molar-refractivity contribution is 6.42. The van der Waals surface area contributed by atoms with Gasteiger partial charge >= 0.3 is 6.03 Å². The fraction of sp³-hybridized carbons (Fsp3) is 0.417. The molecule has 3 amide bonds. The summed E-state index contributed by atoms with van der Waals surface area (Å²) >= 11 is 13.3. The fourth-order valence-corrected chi connectivity index (χ4v) is 6.04. The van der Waals surface area contributed by atoms with E-state index in [9.17, 15) is 9.59 Å². The van der Waals surface area contributed by atoms with Crippen LogP contribution < -0.4 is 24.6 Å². The van der Waals surface area contributed by atoms with Gasteiger partial charge in [-0.15, -0.1) is 0 Å². The number of hydrogen-bond acceptors (Lipinski definition) is 7. The molecule has 2 aromatic rings. The van der Waals surface area contributed by atoms with E-state index in [0.717, 1.165) is 18.4 Å². The number of carbonyl (C=O) groups excluding carboxylic acids is 2. The van der Waals surface area contributed by atoms with Gasteiger partial charge in [-0.2, -0.15) is 4.98 Å². The van der Waals surface area contributed by atoms with Crippen molar-refractivity contribution in [1.82, 2.24) is 14.9 Å². The monoisotopic (exact) mass is 532 g/mol. The molecule has 10 nitrogen and oxygen atoms in total. The fourth-order valence-electron chi connectivity index (χ4n) is 5.34. The van der Waals surface area contributed by atoms with Gasteiger partial charge in [-0.25, -0.2) is 9.78 Å². The van der Waals surface area contributed by atoms with Gasteiger partial charge in [0.25, 0.3) is 0 Å². The van der Waals surface area contributed by atoms with Crippen molar-refractivity contribution < 1.29 is 19.1 Å². The van der Waals surface area contributed by atoms with Crippen molar-refractivity contribution in [3.05, 3.63) is 40.5 Å². The molecule has 190 valence electrons. The summed E-state index contributed by atoms with van der Waals surface area (Å²) in [5, 5.41) is 3.35. The number of nitrogens with one attached hydrogen (secondary N) is 1. The molecule has 0 atom stereocenters. The zero-order valence-electron chi connectivity index (χ0n) is 20.2. The minimum atomic E-state index is -0.305. The molecule has 1 aromatic carbocycles. The summed E-state index contributed by atoms with van der Waals surface area (Å²) in [7, 11) is 4.69. The Morgan fingerprint density at radius 1 is 1.22 bits per heavy atom. The largest absolute Gasteiger partial charge is 0.495 e. The van der Waals surface area contributed by atoms with Crippen LogP contribution in [0.3, 0.4) is 0 Å². The number of halogens is 2. The zero-order valence-corrected chi connectivity index (χ0v) is 21.7. The third-order valence-electron chi connectivity index (χ3n) is 7.12. The standard InChI is InChI=1S/C24H26Cl2N6O4/c1-5-17(33)30-11-24(12-30)7-14(8-24)32-21-13(9-28-22(27-2)29-21)10-31(23(32)34)20-18(25)15(35-3)6-16(36-4)19(20)26/h5-6,9,14H,1,7-8,10-12H2,2-4H3,(H,27,28,29). The van der Waals surface area contributed by atoms with Gasteiger partial charge in [0, 0.05) is 49.4 Å². The van der Waals surface area contributed by atoms with Crippen molar-refractivity contribution in [2.75, 3.05) is 49.5 Å². The van der Waals surface area contributed by atoms with Gasteiger partial charge in [0.1, 0.15) is 27.4 Å². The van der Waals surface area contributed by atoms with Crippen LogP contribution in [0.1, 0.15) is 18.4 Å². The van der Waals surface area contributed by atoms with Crippen molar-refractivity contribution in [3.8, 4) is 11.5 Å². The van der Waals surface area contributed by atoms with E-state index < -0.39 is 0 Å². The Hall–Kier alpha value is -3.24. The maximum Gasteiger partial charge on any atom is 0.330 e. The molecule has 3 aliphatic rings. The first-order chi connectivity index (χ1) is 17.3. The van der Waals surface area contributed by atoms with Gasteiger partial charge < -0.3 is 19.7 Å². The van der Waals surface area contributed by atoms with Crippen molar-refractivity contribution in [1.29, 1.82) is 0 Å². The molecule has 1 aromatic heterocycles. The van der Waals surface area contributed by atoms with Crippen LogP contribution in [0.15, 0.2) is 24.9 Å². The van der Waals surface area contributed by atoms with E-state index in [1.54, 1.807) is 29.1 Å². The quantitative estimate of drug-likeness (QED) is 0.561. The second-order valence-corrected chi connectivity index (χ2v) is 10.0. The van der Waals surface area contributed by atoms with Gasteiger partial charge in [0.2, 0.25) is 11.9 Å². The van der Waals surface area contributed by atoms with Crippen molar-refractivity contribution in [3.63, 3.8) is 0 Å². The van der Waals surface area contributed by atoms with Crippen LogP contribution in [0.4, 0.5) is 22.2 Å². The van der Waals surface area contributed by atoms with E-state index in [1.807, 2.05) is 0 Å². The normalized spacial score (nSPS) is 18.4. The van der Waals surface area contributed by atoms with E-state index >= 15 is 0 Å². The minimum absolute atomic E-state index is 0.000594. The number of aromatic nitrogens is 2. The number of hydrogen-bond donors (Lipinski definition) is 1. The third-order valence-corrected chi connectivity index (χ3v) is 7.85. The summed E-state index contributed by atoms with van der Waals surface area (Å²) in [4.78, 5) is 39.9. The number of methoxy groups -OCH3 is 2. The first kappa shape index (κ1) is 24.5. The lowest BCUT2D eigenvalue weighted by atomic mass is 9.60. The van der Waals surface area contributed by atoms with Gasteiger partial charge in [0.05, 0.1) is 26.5 Å². The third kappa shape index (κ3) is 3.70. The number of nitrogens with zero attached hydrogens (tertiary/aromatic N) is 5. The molecule has 36 heavy (non-hydrogen) atoms. The lowest BCUT2D eigenvalue weighted by Crippen LogP contribution is -2.69. The second kappa shape index (κ2) is 9.01. The molecule has 0 unspecified atom stereocenters. The number of carbonyl (C=O) groups is 2. The molecule has 0 radical (unpaired) electrons. The SMILES string of the molecule is C=CC(=O)N1CC2(CC(N3C(=O)N(c4c(Cl)c(OC)cc(OC)c4Cl)Cc4cnc(NC)nc43)C2)C1. The smallest absolute Gasteiger partial charge is 0.330 e. The van der Waals surface area contributed by atoms with Crippen molar-refractivity contribution >= 4 is 52.6 Å². The van der Waals surface area contributed by atoms with E-state index in [0.29, 0.717) is 42.0 Å². The number of ether oxygens (including phenoxy) is 2. The predicted molar refractivity (Wildman–Crippen MR) is 137 cm³/mol. The molecule has 3 heterocycles. The number of amides is 3. The van der Waals surface area contributed by atoms with Crippen LogP contribution in [-0.4, -0.2) is 67.2 Å². The molecule has 1 saturated carbocycles. The maximum absolute atomic E-state index is 14.1. The number of likely N-dealkylation sites (tertiary alicyclic amines) is 1. The van der Waals surface area contributed by atoms with Crippen LogP contribution in [0.2, 0.25) is 10.0 Å². The summed E-state index contributed by atoms with van der Waals surface area (Å²) in [5.41, 5.74) is 1.05. The average Bonchev–Trinajstić information content (AvgIpc) is 2.83. The summed E-state index contributed by atoms with van der Waals surface area (Å²) in [6, 6.07) is 1.17. The van der Waals surface area contributed by atoms with E-state index in [2.05, 4.69) is 21.9 Å². The summed E-state index contributed by atoms with van der Waals surface area (Å²) in [6.45, 7) is 5.04. The molecule has 5 rings (SSSR count). The first-order valence-electron chi connectivity index (χ1n) is 11.4. The number of benzene rings is 1. The minimum Gasteiger partial charge on any atom is -0.495 e. The summed E-state index contributed by atoms with van der Waals surface area (Å²) in [6.07, 6.45) is 4.52. The van der Waals surface area contributed by atoms with Crippen LogP contribution in [0, 0.1) is 5.41 Å². The Balaban J connectivity index is 1.52. The Bertz CT molecular complexity index is 1230. The van der Waals surface area contributed by atoms with Crippen molar-refractivity contribution in [2.45, 2.75) is 25.4 Å². The summed E-state index contributed by atoms with van der Waals surface area (Å²) < 4.78 is 10.8. The van der Waals surface area contributed by atoms with Gasteiger partial charge in [-0.05, 0) is 18.9 Å². The average molecular weight is 533 g/mol. The second-order valence-electron chi connectivity index (χ2n) is 9.25. The van der Waals surface area contributed by atoms with Crippen LogP contribution in [0.25, 0.3) is 0 Å². The highest BCUT2D eigenvalue weighted by atomic mass is 35.5. The van der Waals surface area contributed by atoms with E-state index in [4.69, 9.17) is 32.7 Å². The van der Waals surface area contributed by atoms with E-state index in [-0.39, 0.29) is 40.0 Å².